The Kier molecular flexibility index (Phi) is 8.80. The largest absolute Gasteiger partial charge is 0.444 e. The number of amides is 1. The molecule has 0 saturated carbocycles. The number of aromatic nitrogens is 2. The zero-order valence-corrected chi connectivity index (χ0v) is 15.7. The highest BCUT2D eigenvalue weighted by Gasteiger charge is 2.15. The molecule has 1 aromatic rings. The summed E-state index contributed by atoms with van der Waals surface area (Å²) < 4.78 is 31.5. The number of hydrogen-bond donors (Lipinski definition) is 3. The topological polar surface area (TPSA) is 92.6 Å². The van der Waals surface area contributed by atoms with E-state index < -0.39 is 18.2 Å². The molecule has 1 rings (SSSR count). The molecular weight excluding hydrogens is 346 g/mol. The Morgan fingerprint density at radius 3 is 2.62 bits per heavy atom. The van der Waals surface area contributed by atoms with Crippen molar-refractivity contribution in [2.24, 2.45) is 4.99 Å². The molecule has 1 aromatic heterocycles. The standard InChI is InChI=1S/C16H28F2N6O2/c1-5-19-14(23-11-12-20-9-10-24(12)13(17)18)21-7-6-8-22-15(25)26-16(2,3)4/h9-10,13H,5-8,11H2,1-4H3,(H,22,25)(H2,19,21,23). The Balaban J connectivity index is 2.39. The van der Waals surface area contributed by atoms with Crippen LogP contribution in [-0.4, -0.2) is 46.8 Å². The minimum Gasteiger partial charge on any atom is -0.444 e. The molecule has 1 heterocycles. The van der Waals surface area contributed by atoms with E-state index >= 15 is 0 Å². The second-order valence-electron chi connectivity index (χ2n) is 6.43. The van der Waals surface area contributed by atoms with Crippen LogP contribution in [0.4, 0.5) is 13.6 Å². The van der Waals surface area contributed by atoms with Crippen molar-refractivity contribution < 1.29 is 18.3 Å². The van der Waals surface area contributed by atoms with Crippen LogP contribution < -0.4 is 16.0 Å². The number of alkyl carbamates (subject to hydrolysis) is 1. The molecule has 0 aliphatic carbocycles. The van der Waals surface area contributed by atoms with Gasteiger partial charge in [0, 0.05) is 32.0 Å². The van der Waals surface area contributed by atoms with Gasteiger partial charge in [-0.25, -0.2) is 14.8 Å². The predicted octanol–water partition coefficient (Wildman–Crippen LogP) is 2.25. The number of carbonyl (C=O) groups excluding carboxylic acids is 1. The van der Waals surface area contributed by atoms with Crippen LogP contribution in [0.3, 0.4) is 0 Å². The molecule has 0 radical (unpaired) electrons. The van der Waals surface area contributed by atoms with Crippen LogP contribution in [0.2, 0.25) is 0 Å². The highest BCUT2D eigenvalue weighted by Crippen LogP contribution is 2.12. The summed E-state index contributed by atoms with van der Waals surface area (Å²) in [5, 5.41) is 8.76. The molecule has 10 heteroatoms. The van der Waals surface area contributed by atoms with E-state index in [2.05, 4.69) is 25.9 Å². The van der Waals surface area contributed by atoms with E-state index in [1.54, 1.807) is 20.8 Å². The minimum atomic E-state index is -2.64. The van der Waals surface area contributed by atoms with Crippen molar-refractivity contribution in [2.45, 2.75) is 52.8 Å². The molecular formula is C16H28F2N6O2. The molecule has 0 bridgehead atoms. The molecule has 0 fully saturated rings. The lowest BCUT2D eigenvalue weighted by atomic mass is 10.2. The molecule has 0 aromatic carbocycles. The van der Waals surface area contributed by atoms with Gasteiger partial charge >= 0.3 is 12.6 Å². The average molecular weight is 374 g/mol. The van der Waals surface area contributed by atoms with Gasteiger partial charge in [0.05, 0.1) is 0 Å². The summed E-state index contributed by atoms with van der Waals surface area (Å²) in [5.41, 5.74) is -0.531. The number of alkyl halides is 2. The molecule has 26 heavy (non-hydrogen) atoms. The van der Waals surface area contributed by atoms with Gasteiger partial charge in [-0.2, -0.15) is 8.78 Å². The first-order chi connectivity index (χ1) is 12.2. The number of guanidine groups is 1. The average Bonchev–Trinajstić information content (AvgIpc) is 2.99. The maximum absolute atomic E-state index is 12.8. The van der Waals surface area contributed by atoms with E-state index in [9.17, 15) is 13.6 Å². The van der Waals surface area contributed by atoms with Gasteiger partial charge in [0.25, 0.3) is 0 Å². The summed E-state index contributed by atoms with van der Waals surface area (Å²) in [6.45, 7) is 6.31. The quantitative estimate of drug-likeness (QED) is 0.369. The fraction of sp³-hybridized carbons (Fsp3) is 0.688. The number of rotatable bonds is 8. The highest BCUT2D eigenvalue weighted by molar-refractivity contribution is 5.79. The fourth-order valence-electron chi connectivity index (χ4n) is 1.94. The van der Waals surface area contributed by atoms with Crippen molar-refractivity contribution in [1.82, 2.24) is 25.5 Å². The third kappa shape index (κ3) is 8.63. The number of imidazole rings is 1. The monoisotopic (exact) mass is 374 g/mol. The van der Waals surface area contributed by atoms with E-state index in [-0.39, 0.29) is 12.4 Å². The lowest BCUT2D eigenvalue weighted by Gasteiger charge is -2.19. The maximum atomic E-state index is 12.8. The Morgan fingerprint density at radius 1 is 1.31 bits per heavy atom. The van der Waals surface area contributed by atoms with Crippen LogP contribution in [0.25, 0.3) is 0 Å². The minimum absolute atomic E-state index is 0.0306. The van der Waals surface area contributed by atoms with E-state index in [0.29, 0.717) is 32.0 Å². The van der Waals surface area contributed by atoms with Gasteiger partial charge in [-0.3, -0.25) is 4.57 Å². The summed E-state index contributed by atoms with van der Waals surface area (Å²) >= 11 is 0. The smallest absolute Gasteiger partial charge is 0.407 e. The van der Waals surface area contributed by atoms with E-state index in [4.69, 9.17) is 4.74 Å². The van der Waals surface area contributed by atoms with Crippen LogP contribution in [0.5, 0.6) is 0 Å². The summed E-state index contributed by atoms with van der Waals surface area (Å²) in [6.07, 6.45) is 2.73. The van der Waals surface area contributed by atoms with E-state index in [1.807, 2.05) is 6.92 Å². The summed E-state index contributed by atoms with van der Waals surface area (Å²) in [4.78, 5) is 19.7. The molecule has 0 unspecified atom stereocenters. The maximum Gasteiger partial charge on any atom is 0.407 e. The first kappa shape index (κ1) is 21.7. The fourth-order valence-corrected chi connectivity index (χ4v) is 1.94. The Labute approximate surface area is 152 Å². The third-order valence-electron chi connectivity index (χ3n) is 3.00. The van der Waals surface area contributed by atoms with Gasteiger partial charge in [-0.1, -0.05) is 0 Å². The van der Waals surface area contributed by atoms with Gasteiger partial charge in [0.2, 0.25) is 0 Å². The molecule has 0 aliphatic rings. The lowest BCUT2D eigenvalue weighted by molar-refractivity contribution is 0.0527. The first-order valence-electron chi connectivity index (χ1n) is 8.52. The summed E-state index contributed by atoms with van der Waals surface area (Å²) in [6, 6.07) is 0. The Bertz CT molecular complexity index is 584. The van der Waals surface area contributed by atoms with E-state index in [0.717, 1.165) is 4.57 Å². The second-order valence-corrected chi connectivity index (χ2v) is 6.43. The number of ether oxygens (including phenoxy) is 1. The molecule has 0 spiro atoms. The molecule has 3 N–H and O–H groups in total. The van der Waals surface area contributed by atoms with Crippen molar-refractivity contribution in [1.29, 1.82) is 0 Å². The van der Waals surface area contributed by atoms with Crippen molar-refractivity contribution >= 4 is 12.1 Å². The van der Waals surface area contributed by atoms with Crippen molar-refractivity contribution in [3.63, 3.8) is 0 Å². The number of nitrogens with one attached hydrogen (secondary N) is 3. The van der Waals surface area contributed by atoms with Gasteiger partial charge < -0.3 is 20.7 Å². The number of hydrogen-bond acceptors (Lipinski definition) is 4. The number of aliphatic imine (C=N–C) groups is 1. The summed E-state index contributed by atoms with van der Waals surface area (Å²) in [5.74, 6) is 0.678. The van der Waals surface area contributed by atoms with Gasteiger partial charge in [0.1, 0.15) is 18.0 Å². The molecule has 0 atom stereocenters. The normalized spacial score (nSPS) is 12.2. The number of nitrogens with zero attached hydrogens (tertiary/aromatic N) is 3. The molecule has 0 aliphatic heterocycles. The lowest BCUT2D eigenvalue weighted by Crippen LogP contribution is -2.39. The van der Waals surface area contributed by atoms with Crippen LogP contribution in [0.15, 0.2) is 17.4 Å². The van der Waals surface area contributed by atoms with Gasteiger partial charge in [0.15, 0.2) is 5.96 Å². The van der Waals surface area contributed by atoms with E-state index in [1.165, 1.54) is 12.4 Å². The Morgan fingerprint density at radius 2 is 2.00 bits per heavy atom. The molecule has 148 valence electrons. The Hall–Kier alpha value is -2.39. The summed E-state index contributed by atoms with van der Waals surface area (Å²) in [7, 11) is 0. The third-order valence-corrected chi connectivity index (χ3v) is 3.00. The molecule has 0 saturated heterocycles. The van der Waals surface area contributed by atoms with Crippen LogP contribution >= 0.6 is 0 Å². The van der Waals surface area contributed by atoms with Crippen molar-refractivity contribution in [2.75, 3.05) is 19.6 Å². The van der Waals surface area contributed by atoms with Crippen molar-refractivity contribution in [3.8, 4) is 0 Å². The van der Waals surface area contributed by atoms with Crippen LogP contribution in [0.1, 0.15) is 46.5 Å². The van der Waals surface area contributed by atoms with Crippen molar-refractivity contribution in [3.05, 3.63) is 18.2 Å². The highest BCUT2D eigenvalue weighted by atomic mass is 19.3. The molecule has 1 amide bonds. The van der Waals surface area contributed by atoms with Gasteiger partial charge in [-0.05, 0) is 34.1 Å². The van der Waals surface area contributed by atoms with Crippen LogP contribution in [0, 0.1) is 0 Å². The molecule has 8 nitrogen and oxygen atoms in total. The zero-order chi connectivity index (χ0) is 19.6. The first-order valence-corrected chi connectivity index (χ1v) is 8.52. The SMILES string of the molecule is CCNC(=NCc1nccn1C(F)F)NCCCNC(=O)OC(C)(C)C. The zero-order valence-electron chi connectivity index (χ0n) is 15.7. The van der Waals surface area contributed by atoms with Crippen LogP contribution in [-0.2, 0) is 11.3 Å². The van der Waals surface area contributed by atoms with Gasteiger partial charge in [-0.15, -0.1) is 0 Å². The predicted molar refractivity (Wildman–Crippen MR) is 95.2 cm³/mol. The number of halogens is 2. The second kappa shape index (κ2) is 10.6. The number of carbonyl (C=O) groups is 1.